The second kappa shape index (κ2) is 8.41. The number of hydrogen-bond donors (Lipinski definition) is 2. The third kappa shape index (κ3) is 5.14. The molecule has 1 heterocycles. The van der Waals surface area contributed by atoms with E-state index in [4.69, 9.17) is 21.4 Å². The van der Waals surface area contributed by atoms with Crippen LogP contribution in [0.3, 0.4) is 0 Å². The van der Waals surface area contributed by atoms with Gasteiger partial charge in [0, 0.05) is 28.3 Å². The minimum Gasteiger partial charge on any atom is -0.479 e. The second-order valence-electron chi connectivity index (χ2n) is 6.68. The van der Waals surface area contributed by atoms with Gasteiger partial charge in [-0.3, -0.25) is 0 Å². The number of anilines is 2. The summed E-state index contributed by atoms with van der Waals surface area (Å²) in [5.41, 5.74) is 1.15. The van der Waals surface area contributed by atoms with Gasteiger partial charge in [0.2, 0.25) is 0 Å². The van der Waals surface area contributed by atoms with Crippen LogP contribution in [0.5, 0.6) is 5.75 Å². The Hall–Kier alpha value is -2.98. The first-order valence-corrected chi connectivity index (χ1v) is 11.3. The van der Waals surface area contributed by atoms with Gasteiger partial charge in [0.05, 0.1) is 27.3 Å². The standard InChI is InChI=1S/C19H18ClFN4O4S/c1-10(19(26)27)29-16-6-11(21)4-5-14(16)24-18-17-13(20)7-12(25-30(2,3)28)8-15(17)22-9-23-18/h4-10H,1-3H3,(H,26,27)(H,22,23,24)/t10-/m1/s1. The van der Waals surface area contributed by atoms with Gasteiger partial charge in [0.25, 0.3) is 0 Å². The first-order valence-electron chi connectivity index (χ1n) is 8.61. The smallest absolute Gasteiger partial charge is 0.344 e. The van der Waals surface area contributed by atoms with Gasteiger partial charge < -0.3 is 15.2 Å². The highest BCUT2D eigenvalue weighted by Gasteiger charge is 2.17. The van der Waals surface area contributed by atoms with Gasteiger partial charge in [-0.25, -0.2) is 23.4 Å². The minimum absolute atomic E-state index is 0.00360. The summed E-state index contributed by atoms with van der Waals surface area (Å²) in [6, 6.07) is 6.83. The third-order valence-corrected chi connectivity index (χ3v) is 4.80. The number of carbonyl (C=O) groups is 1. The molecule has 11 heteroatoms. The Morgan fingerprint density at radius 3 is 2.70 bits per heavy atom. The van der Waals surface area contributed by atoms with Gasteiger partial charge in [-0.2, -0.15) is 4.36 Å². The van der Waals surface area contributed by atoms with E-state index in [-0.39, 0.29) is 10.8 Å². The lowest BCUT2D eigenvalue weighted by molar-refractivity contribution is -0.144. The van der Waals surface area contributed by atoms with Gasteiger partial charge in [-0.1, -0.05) is 11.6 Å². The number of carboxylic acids is 1. The molecule has 1 aromatic heterocycles. The summed E-state index contributed by atoms with van der Waals surface area (Å²) >= 11 is 6.41. The monoisotopic (exact) mass is 452 g/mol. The molecule has 30 heavy (non-hydrogen) atoms. The summed E-state index contributed by atoms with van der Waals surface area (Å²) in [6.07, 6.45) is 3.11. The maximum atomic E-state index is 13.7. The molecule has 0 amide bonds. The number of benzene rings is 2. The predicted octanol–water partition coefficient (Wildman–Crippen LogP) is 4.38. The van der Waals surface area contributed by atoms with Crippen molar-refractivity contribution in [1.82, 2.24) is 9.97 Å². The number of halogens is 2. The average Bonchev–Trinajstić information content (AvgIpc) is 2.62. The van der Waals surface area contributed by atoms with E-state index in [1.807, 2.05) is 0 Å². The van der Waals surface area contributed by atoms with E-state index in [9.17, 15) is 13.4 Å². The van der Waals surface area contributed by atoms with Crippen LogP contribution >= 0.6 is 11.6 Å². The number of carboxylic acid groups (broad SMARTS) is 1. The van der Waals surface area contributed by atoms with Crippen molar-refractivity contribution in [2.45, 2.75) is 13.0 Å². The number of aromatic nitrogens is 2. The Morgan fingerprint density at radius 2 is 2.03 bits per heavy atom. The molecule has 0 saturated heterocycles. The van der Waals surface area contributed by atoms with E-state index in [0.29, 0.717) is 28.1 Å². The largest absolute Gasteiger partial charge is 0.479 e. The van der Waals surface area contributed by atoms with E-state index in [2.05, 4.69) is 19.6 Å². The fraction of sp³-hybridized carbons (Fsp3) is 0.211. The van der Waals surface area contributed by atoms with Crippen molar-refractivity contribution in [1.29, 1.82) is 0 Å². The van der Waals surface area contributed by atoms with Gasteiger partial charge in [-0.15, -0.1) is 0 Å². The summed E-state index contributed by atoms with van der Waals surface area (Å²) in [5, 5.41) is 12.8. The fourth-order valence-electron chi connectivity index (χ4n) is 2.59. The molecule has 2 aromatic carbocycles. The van der Waals surface area contributed by atoms with E-state index in [1.54, 1.807) is 12.1 Å². The molecule has 0 bridgehead atoms. The van der Waals surface area contributed by atoms with E-state index in [0.717, 1.165) is 6.07 Å². The quantitative estimate of drug-likeness (QED) is 0.570. The molecule has 3 rings (SSSR count). The molecular weight excluding hydrogens is 435 g/mol. The van der Waals surface area contributed by atoms with Crippen LogP contribution in [0.1, 0.15) is 6.92 Å². The maximum absolute atomic E-state index is 13.7. The van der Waals surface area contributed by atoms with E-state index < -0.39 is 27.6 Å². The number of hydrogen-bond acceptors (Lipinski definition) is 7. The molecule has 0 spiro atoms. The van der Waals surface area contributed by atoms with Gasteiger partial charge in [0.1, 0.15) is 23.7 Å². The zero-order valence-corrected chi connectivity index (χ0v) is 17.8. The maximum Gasteiger partial charge on any atom is 0.344 e. The Kier molecular flexibility index (Phi) is 6.09. The molecule has 1 atom stereocenters. The van der Waals surface area contributed by atoms with Crippen LogP contribution in [0.15, 0.2) is 41.0 Å². The van der Waals surface area contributed by atoms with Crippen molar-refractivity contribution in [2.24, 2.45) is 4.36 Å². The van der Waals surface area contributed by atoms with Crippen LogP contribution in [0.4, 0.5) is 21.6 Å². The topological polar surface area (TPSA) is 114 Å². The molecule has 0 radical (unpaired) electrons. The van der Waals surface area contributed by atoms with Crippen molar-refractivity contribution in [3.05, 3.63) is 47.5 Å². The molecule has 0 aliphatic carbocycles. The van der Waals surface area contributed by atoms with Crippen LogP contribution in [-0.2, 0) is 14.5 Å². The summed E-state index contributed by atoms with van der Waals surface area (Å²) < 4.78 is 35.2. The molecule has 158 valence electrons. The second-order valence-corrected chi connectivity index (χ2v) is 9.63. The highest BCUT2D eigenvalue weighted by atomic mass is 35.5. The van der Waals surface area contributed by atoms with Crippen molar-refractivity contribution < 1.29 is 23.2 Å². The molecule has 0 aliphatic rings. The van der Waals surface area contributed by atoms with Crippen LogP contribution in [-0.4, -0.2) is 43.9 Å². The number of aliphatic carboxylic acids is 1. The number of rotatable bonds is 6. The Morgan fingerprint density at radius 1 is 1.30 bits per heavy atom. The van der Waals surface area contributed by atoms with E-state index >= 15 is 0 Å². The lowest BCUT2D eigenvalue weighted by atomic mass is 10.2. The van der Waals surface area contributed by atoms with Gasteiger partial charge in [0.15, 0.2) is 6.10 Å². The molecule has 0 unspecified atom stereocenters. The van der Waals surface area contributed by atoms with Crippen LogP contribution in [0, 0.1) is 5.82 Å². The SMILES string of the molecule is C[C@@H](Oc1cc(F)ccc1Nc1ncnc2cc(N=S(C)(C)=O)cc(Cl)c12)C(=O)O. The zero-order valence-electron chi connectivity index (χ0n) is 16.2. The third-order valence-electron chi connectivity index (χ3n) is 3.85. The molecular formula is C19H18ClFN4O4S. The Labute approximate surface area is 177 Å². The van der Waals surface area contributed by atoms with Crippen molar-refractivity contribution in [2.75, 3.05) is 17.8 Å². The highest BCUT2D eigenvalue weighted by molar-refractivity contribution is 7.92. The fourth-order valence-corrected chi connectivity index (χ4v) is 3.51. The Balaban J connectivity index is 2.07. The Bertz CT molecular complexity index is 1250. The van der Waals surface area contributed by atoms with Crippen LogP contribution in [0.2, 0.25) is 5.02 Å². The number of fused-ring (bicyclic) bond motifs is 1. The average molecular weight is 453 g/mol. The lowest BCUT2D eigenvalue weighted by Crippen LogP contribution is -2.23. The minimum atomic E-state index is -2.39. The molecule has 8 nitrogen and oxygen atoms in total. The summed E-state index contributed by atoms with van der Waals surface area (Å²) in [7, 11) is -2.39. The summed E-state index contributed by atoms with van der Waals surface area (Å²) in [6.45, 7) is 1.33. The van der Waals surface area contributed by atoms with E-state index in [1.165, 1.54) is 37.9 Å². The number of ether oxygens (including phenoxy) is 1. The summed E-state index contributed by atoms with van der Waals surface area (Å²) in [5.74, 6) is -1.49. The van der Waals surface area contributed by atoms with Crippen molar-refractivity contribution in [3.8, 4) is 5.75 Å². The van der Waals surface area contributed by atoms with Gasteiger partial charge in [-0.05, 0) is 31.2 Å². The first-order chi connectivity index (χ1) is 14.0. The molecule has 2 N–H and O–H groups in total. The van der Waals surface area contributed by atoms with Crippen molar-refractivity contribution in [3.63, 3.8) is 0 Å². The van der Waals surface area contributed by atoms with Gasteiger partial charge >= 0.3 is 5.97 Å². The zero-order chi connectivity index (χ0) is 22.1. The highest BCUT2D eigenvalue weighted by Crippen LogP contribution is 2.36. The van der Waals surface area contributed by atoms with Crippen LogP contribution in [0.25, 0.3) is 10.9 Å². The molecule has 0 aliphatic heterocycles. The van der Waals surface area contributed by atoms with Crippen LogP contribution < -0.4 is 10.1 Å². The molecule has 0 fully saturated rings. The molecule has 0 saturated carbocycles. The molecule has 3 aromatic rings. The number of nitrogens with one attached hydrogen (secondary N) is 1. The normalized spacial score (nSPS) is 12.4. The number of nitrogens with zero attached hydrogens (tertiary/aromatic N) is 3. The first kappa shape index (κ1) is 21.7. The lowest BCUT2D eigenvalue weighted by Gasteiger charge is -2.16. The predicted molar refractivity (Wildman–Crippen MR) is 114 cm³/mol. The summed E-state index contributed by atoms with van der Waals surface area (Å²) in [4.78, 5) is 19.5. The van der Waals surface area contributed by atoms with Crippen molar-refractivity contribution >= 4 is 55.4 Å².